The third-order valence-electron chi connectivity index (χ3n) is 3.90. The zero-order chi connectivity index (χ0) is 15.4. The molecule has 0 aliphatic carbocycles. The lowest BCUT2D eigenvalue weighted by Gasteiger charge is -2.25. The number of phenols is 1. The zero-order valence-corrected chi connectivity index (χ0v) is 12.9. The van der Waals surface area contributed by atoms with E-state index in [1.807, 2.05) is 17.0 Å². The molecule has 1 aromatic carbocycles. The number of nitrogens with one attached hydrogen (secondary N) is 1. The van der Waals surface area contributed by atoms with Crippen molar-refractivity contribution in [1.82, 2.24) is 10.2 Å². The van der Waals surface area contributed by atoms with E-state index in [9.17, 15) is 9.90 Å². The fourth-order valence-electron chi connectivity index (χ4n) is 2.77. The van der Waals surface area contributed by atoms with Gasteiger partial charge in [-0.2, -0.15) is 0 Å². The Bertz CT molecular complexity index is 504. The first kappa shape index (κ1) is 15.6. The van der Waals surface area contributed by atoms with Crippen molar-refractivity contribution in [2.45, 2.75) is 38.8 Å². The Kier molecular flexibility index (Phi) is 5.07. The number of carbonyl (C=O) groups excluding carboxylic acids is 1. The van der Waals surface area contributed by atoms with E-state index in [1.165, 1.54) is 0 Å². The van der Waals surface area contributed by atoms with E-state index in [1.54, 1.807) is 13.2 Å². The summed E-state index contributed by atoms with van der Waals surface area (Å²) < 4.78 is 5.13. The molecule has 1 heterocycles. The minimum atomic E-state index is 0.118. The van der Waals surface area contributed by atoms with E-state index in [0.717, 1.165) is 25.1 Å². The third-order valence-corrected chi connectivity index (χ3v) is 3.90. The van der Waals surface area contributed by atoms with Crippen molar-refractivity contribution in [3.63, 3.8) is 0 Å². The molecule has 2 unspecified atom stereocenters. The molecule has 2 atom stereocenters. The molecule has 5 heteroatoms. The number of likely N-dealkylation sites (tertiary alicyclic amines) is 1. The number of nitrogens with zero attached hydrogens (tertiary/aromatic N) is 1. The molecule has 1 aliphatic rings. The minimum absolute atomic E-state index is 0.118. The van der Waals surface area contributed by atoms with E-state index >= 15 is 0 Å². The lowest BCUT2D eigenvalue weighted by molar-refractivity contribution is -0.127. The van der Waals surface area contributed by atoms with Crippen LogP contribution in [0.25, 0.3) is 0 Å². The van der Waals surface area contributed by atoms with Gasteiger partial charge in [0.15, 0.2) is 11.5 Å². The van der Waals surface area contributed by atoms with E-state index in [4.69, 9.17) is 4.74 Å². The summed E-state index contributed by atoms with van der Waals surface area (Å²) >= 11 is 0. The summed E-state index contributed by atoms with van der Waals surface area (Å²) in [5.74, 6) is 0.871. The van der Waals surface area contributed by atoms with Gasteiger partial charge in [0.2, 0.25) is 5.91 Å². The summed E-state index contributed by atoms with van der Waals surface area (Å²) in [6, 6.07) is 5.68. The molecule has 0 spiro atoms. The second-order valence-electron chi connectivity index (χ2n) is 5.66. The van der Waals surface area contributed by atoms with Gasteiger partial charge >= 0.3 is 0 Å². The maximum Gasteiger partial charge on any atom is 0.222 e. The standard InChI is InChI=1S/C16H24N2O3/c1-11(10-18-8-4-5-16(18)20)17-12(2)13-6-7-14(19)15(9-13)21-3/h6-7,9,11-12,17,19H,4-5,8,10H2,1-3H3. The van der Waals surface area contributed by atoms with Crippen LogP contribution in [0.15, 0.2) is 18.2 Å². The lowest BCUT2D eigenvalue weighted by Crippen LogP contribution is -2.40. The maximum atomic E-state index is 11.6. The van der Waals surface area contributed by atoms with Crippen LogP contribution in [0.5, 0.6) is 11.5 Å². The Balaban J connectivity index is 1.94. The molecule has 1 saturated heterocycles. The number of aromatic hydroxyl groups is 1. The smallest absolute Gasteiger partial charge is 0.222 e. The van der Waals surface area contributed by atoms with Crippen molar-refractivity contribution >= 4 is 5.91 Å². The normalized spacial score (nSPS) is 17.9. The number of phenolic OH excluding ortho intramolecular Hbond substituents is 1. The highest BCUT2D eigenvalue weighted by molar-refractivity contribution is 5.78. The Morgan fingerprint density at radius 1 is 1.43 bits per heavy atom. The van der Waals surface area contributed by atoms with Gasteiger partial charge in [0.05, 0.1) is 7.11 Å². The second kappa shape index (κ2) is 6.80. The monoisotopic (exact) mass is 292 g/mol. The highest BCUT2D eigenvalue weighted by Gasteiger charge is 2.22. The summed E-state index contributed by atoms with van der Waals surface area (Å²) in [6.07, 6.45) is 1.65. The number of rotatable bonds is 6. The molecule has 2 rings (SSSR count). The predicted molar refractivity (Wildman–Crippen MR) is 81.5 cm³/mol. The van der Waals surface area contributed by atoms with Crippen LogP contribution in [-0.4, -0.2) is 42.2 Å². The SMILES string of the molecule is COc1cc(C(C)NC(C)CN2CCCC2=O)ccc1O. The van der Waals surface area contributed by atoms with Crippen LogP contribution in [-0.2, 0) is 4.79 Å². The van der Waals surface area contributed by atoms with Crippen LogP contribution in [0.4, 0.5) is 0 Å². The molecule has 1 amide bonds. The summed E-state index contributed by atoms with van der Waals surface area (Å²) in [5.41, 5.74) is 1.05. The van der Waals surface area contributed by atoms with E-state index in [0.29, 0.717) is 12.2 Å². The van der Waals surface area contributed by atoms with Gasteiger partial charge in [0.1, 0.15) is 0 Å². The molecule has 0 radical (unpaired) electrons. The molecule has 2 N–H and O–H groups in total. The number of amides is 1. The van der Waals surface area contributed by atoms with Crippen molar-refractivity contribution < 1.29 is 14.6 Å². The molecule has 5 nitrogen and oxygen atoms in total. The Morgan fingerprint density at radius 3 is 2.81 bits per heavy atom. The molecular weight excluding hydrogens is 268 g/mol. The van der Waals surface area contributed by atoms with Crippen molar-refractivity contribution in [3.05, 3.63) is 23.8 Å². The van der Waals surface area contributed by atoms with Gasteiger partial charge in [-0.3, -0.25) is 4.79 Å². The van der Waals surface area contributed by atoms with Gasteiger partial charge < -0.3 is 20.1 Å². The van der Waals surface area contributed by atoms with Crippen molar-refractivity contribution in [3.8, 4) is 11.5 Å². The highest BCUT2D eigenvalue weighted by atomic mass is 16.5. The topological polar surface area (TPSA) is 61.8 Å². The number of carbonyl (C=O) groups is 1. The first-order valence-corrected chi connectivity index (χ1v) is 7.42. The van der Waals surface area contributed by atoms with E-state index in [2.05, 4.69) is 19.2 Å². The van der Waals surface area contributed by atoms with Crippen molar-refractivity contribution in [2.24, 2.45) is 0 Å². The number of ether oxygens (including phenoxy) is 1. The lowest BCUT2D eigenvalue weighted by atomic mass is 10.1. The molecule has 21 heavy (non-hydrogen) atoms. The summed E-state index contributed by atoms with van der Waals surface area (Å²) in [7, 11) is 1.54. The highest BCUT2D eigenvalue weighted by Crippen LogP contribution is 2.29. The molecule has 1 aromatic rings. The maximum absolute atomic E-state index is 11.6. The van der Waals surface area contributed by atoms with E-state index < -0.39 is 0 Å². The molecular formula is C16H24N2O3. The Labute approximate surface area is 125 Å². The summed E-state index contributed by atoms with van der Waals surface area (Å²) in [4.78, 5) is 13.6. The molecule has 1 fully saturated rings. The van der Waals surface area contributed by atoms with Crippen LogP contribution in [0, 0.1) is 0 Å². The zero-order valence-electron chi connectivity index (χ0n) is 12.9. The number of methoxy groups -OCH3 is 1. The van der Waals surface area contributed by atoms with Crippen LogP contribution in [0.1, 0.15) is 38.3 Å². The number of benzene rings is 1. The number of hydrogen-bond acceptors (Lipinski definition) is 4. The Hall–Kier alpha value is -1.75. The van der Waals surface area contributed by atoms with Gasteiger partial charge in [0.25, 0.3) is 0 Å². The van der Waals surface area contributed by atoms with Crippen LogP contribution in [0.3, 0.4) is 0 Å². The average molecular weight is 292 g/mol. The van der Waals surface area contributed by atoms with Gasteiger partial charge in [-0.1, -0.05) is 6.07 Å². The summed E-state index contributed by atoms with van der Waals surface area (Å²) in [5, 5.41) is 13.1. The predicted octanol–water partition coefficient (Wildman–Crippen LogP) is 2.06. The average Bonchev–Trinajstić information content (AvgIpc) is 2.84. The fraction of sp³-hybridized carbons (Fsp3) is 0.562. The van der Waals surface area contributed by atoms with Gasteiger partial charge in [-0.15, -0.1) is 0 Å². The Morgan fingerprint density at radius 2 is 2.19 bits per heavy atom. The minimum Gasteiger partial charge on any atom is -0.504 e. The molecule has 116 valence electrons. The van der Waals surface area contributed by atoms with Gasteiger partial charge in [0, 0.05) is 31.6 Å². The van der Waals surface area contributed by atoms with Crippen LogP contribution < -0.4 is 10.1 Å². The number of hydrogen-bond donors (Lipinski definition) is 2. The quantitative estimate of drug-likeness (QED) is 0.842. The van der Waals surface area contributed by atoms with Crippen LogP contribution >= 0.6 is 0 Å². The van der Waals surface area contributed by atoms with Crippen molar-refractivity contribution in [2.75, 3.05) is 20.2 Å². The molecule has 0 aromatic heterocycles. The van der Waals surface area contributed by atoms with Crippen LogP contribution in [0.2, 0.25) is 0 Å². The summed E-state index contributed by atoms with van der Waals surface area (Å²) in [6.45, 7) is 5.75. The van der Waals surface area contributed by atoms with Gasteiger partial charge in [-0.25, -0.2) is 0 Å². The first-order valence-electron chi connectivity index (χ1n) is 7.42. The van der Waals surface area contributed by atoms with Gasteiger partial charge in [-0.05, 0) is 38.0 Å². The first-order chi connectivity index (χ1) is 10.0. The van der Waals surface area contributed by atoms with Crippen molar-refractivity contribution in [1.29, 1.82) is 0 Å². The fourth-order valence-corrected chi connectivity index (χ4v) is 2.77. The molecule has 0 saturated carbocycles. The van der Waals surface area contributed by atoms with E-state index in [-0.39, 0.29) is 23.7 Å². The molecule has 0 bridgehead atoms. The second-order valence-corrected chi connectivity index (χ2v) is 5.66. The largest absolute Gasteiger partial charge is 0.504 e. The molecule has 1 aliphatic heterocycles. The third kappa shape index (κ3) is 3.88.